The van der Waals surface area contributed by atoms with Gasteiger partial charge in [0.15, 0.2) is 0 Å². The number of morpholine rings is 1. The molecule has 7 nitrogen and oxygen atoms in total. The lowest BCUT2D eigenvalue weighted by Gasteiger charge is -2.36. The summed E-state index contributed by atoms with van der Waals surface area (Å²) in [5.41, 5.74) is 1.76. The number of amides is 1. The second-order valence-electron chi connectivity index (χ2n) is 9.10. The number of thiocarbonyl (C=S) groups is 1. The Hall–Kier alpha value is -2.23. The number of thioether (sulfide) groups is 1. The molecule has 2 saturated heterocycles. The summed E-state index contributed by atoms with van der Waals surface area (Å²) in [5, 5.41) is 0. The standard InChI is InChI=1S/C25H32N4O3S2/c1-5-6-7-8-11-29-24(31)20(34-25(29)33)13-19-22(27-14-17(3)32-18(4)15-27)26-21-16(2)10-9-12-28(21)23(19)30/h9-10,12-13,17-18H,5-8,11,14-15H2,1-4H3. The van der Waals surface area contributed by atoms with E-state index in [0.717, 1.165) is 31.2 Å². The number of carbonyl (C=O) groups excluding carboxylic acids is 1. The van der Waals surface area contributed by atoms with E-state index in [-0.39, 0.29) is 23.7 Å². The Morgan fingerprint density at radius 1 is 1.21 bits per heavy atom. The van der Waals surface area contributed by atoms with Crippen LogP contribution >= 0.6 is 24.0 Å². The minimum absolute atomic E-state index is 0.00931. The normalized spacial score (nSPS) is 22.4. The molecule has 0 N–H and O–H groups in total. The predicted molar refractivity (Wildman–Crippen MR) is 142 cm³/mol. The average Bonchev–Trinajstić information content (AvgIpc) is 3.05. The van der Waals surface area contributed by atoms with Crippen LogP contribution < -0.4 is 10.5 Å². The first-order chi connectivity index (χ1) is 16.3. The fourth-order valence-electron chi connectivity index (χ4n) is 4.54. The van der Waals surface area contributed by atoms with Crippen LogP contribution in [0.3, 0.4) is 0 Å². The van der Waals surface area contributed by atoms with Crippen molar-refractivity contribution < 1.29 is 9.53 Å². The molecule has 1 amide bonds. The Morgan fingerprint density at radius 3 is 2.65 bits per heavy atom. The fourth-order valence-corrected chi connectivity index (χ4v) is 5.83. The number of hydrogen-bond donors (Lipinski definition) is 0. The van der Waals surface area contributed by atoms with Gasteiger partial charge in [-0.1, -0.05) is 56.2 Å². The molecule has 2 aromatic heterocycles. The number of aryl methyl sites for hydroxylation is 1. The topological polar surface area (TPSA) is 67.2 Å². The number of nitrogens with zero attached hydrogens (tertiary/aromatic N) is 4. The molecule has 0 aliphatic carbocycles. The SMILES string of the molecule is CCCCCCN1C(=O)C(=Cc2c(N3CC(C)OC(C)C3)nc3c(C)cccn3c2=O)SC1=S. The molecule has 0 bridgehead atoms. The Labute approximate surface area is 210 Å². The number of unbranched alkanes of at least 4 members (excludes halogenated alkanes) is 3. The lowest BCUT2D eigenvalue weighted by atomic mass is 10.1. The van der Waals surface area contributed by atoms with E-state index in [0.29, 0.717) is 45.9 Å². The van der Waals surface area contributed by atoms with Gasteiger partial charge in [-0.05, 0) is 44.9 Å². The van der Waals surface area contributed by atoms with Crippen molar-refractivity contribution in [3.8, 4) is 0 Å². The van der Waals surface area contributed by atoms with Crippen LogP contribution in [0.1, 0.15) is 57.6 Å². The third-order valence-corrected chi connectivity index (χ3v) is 7.55. The van der Waals surface area contributed by atoms with Crippen LogP contribution in [-0.4, -0.2) is 56.4 Å². The summed E-state index contributed by atoms with van der Waals surface area (Å²) in [5.74, 6) is 0.462. The first kappa shape index (κ1) is 24.9. The molecule has 0 saturated carbocycles. The quantitative estimate of drug-likeness (QED) is 0.317. The summed E-state index contributed by atoms with van der Waals surface area (Å²) in [4.78, 5) is 36.0. The van der Waals surface area contributed by atoms with Gasteiger partial charge in [-0.2, -0.15) is 0 Å². The number of fused-ring (bicyclic) bond motifs is 1. The first-order valence-electron chi connectivity index (χ1n) is 12.0. The molecule has 182 valence electrons. The largest absolute Gasteiger partial charge is 0.372 e. The van der Waals surface area contributed by atoms with E-state index in [1.807, 2.05) is 32.9 Å². The van der Waals surface area contributed by atoms with Crippen LogP contribution in [0.15, 0.2) is 28.0 Å². The summed E-state index contributed by atoms with van der Waals surface area (Å²) in [6, 6.07) is 3.78. The number of anilines is 1. The van der Waals surface area contributed by atoms with Crippen molar-refractivity contribution in [3.63, 3.8) is 0 Å². The van der Waals surface area contributed by atoms with Crippen LogP contribution in [0.25, 0.3) is 11.7 Å². The zero-order chi connectivity index (χ0) is 24.4. The number of rotatable bonds is 7. The van der Waals surface area contributed by atoms with Crippen LogP contribution in [0.5, 0.6) is 0 Å². The van der Waals surface area contributed by atoms with E-state index >= 15 is 0 Å². The van der Waals surface area contributed by atoms with Gasteiger partial charge in [-0.25, -0.2) is 4.98 Å². The second kappa shape index (κ2) is 10.6. The van der Waals surface area contributed by atoms with Crippen molar-refractivity contribution in [3.05, 3.63) is 44.7 Å². The van der Waals surface area contributed by atoms with Gasteiger partial charge in [0.1, 0.15) is 15.8 Å². The molecule has 9 heteroatoms. The van der Waals surface area contributed by atoms with E-state index < -0.39 is 0 Å². The number of pyridine rings is 1. The van der Waals surface area contributed by atoms with Crippen LogP contribution in [0.4, 0.5) is 5.82 Å². The summed E-state index contributed by atoms with van der Waals surface area (Å²) in [7, 11) is 0. The molecule has 34 heavy (non-hydrogen) atoms. The van der Waals surface area contributed by atoms with Crippen molar-refractivity contribution in [2.24, 2.45) is 0 Å². The van der Waals surface area contributed by atoms with Crippen molar-refractivity contribution in [2.75, 3.05) is 24.5 Å². The lowest BCUT2D eigenvalue weighted by molar-refractivity contribution is -0.122. The molecule has 2 aromatic rings. The third kappa shape index (κ3) is 5.06. The molecule has 0 aromatic carbocycles. The maximum atomic E-state index is 13.7. The van der Waals surface area contributed by atoms with Gasteiger partial charge in [0.25, 0.3) is 11.5 Å². The van der Waals surface area contributed by atoms with Crippen molar-refractivity contribution >= 4 is 51.7 Å². The molecule has 2 unspecified atom stereocenters. The van der Waals surface area contributed by atoms with E-state index in [4.69, 9.17) is 21.9 Å². The van der Waals surface area contributed by atoms with Gasteiger partial charge in [-0.3, -0.25) is 18.9 Å². The Balaban J connectivity index is 1.76. The van der Waals surface area contributed by atoms with Gasteiger partial charge in [0, 0.05) is 25.8 Å². The number of ether oxygens (including phenoxy) is 1. The average molecular weight is 501 g/mol. The van der Waals surface area contributed by atoms with Crippen LogP contribution in [0.2, 0.25) is 0 Å². The zero-order valence-electron chi connectivity index (χ0n) is 20.2. The summed E-state index contributed by atoms with van der Waals surface area (Å²) >= 11 is 6.77. The summed E-state index contributed by atoms with van der Waals surface area (Å²) < 4.78 is 8.01. The Morgan fingerprint density at radius 2 is 1.94 bits per heavy atom. The summed E-state index contributed by atoms with van der Waals surface area (Å²) in [6.45, 7) is 10.0. The molecule has 2 aliphatic rings. The second-order valence-corrected chi connectivity index (χ2v) is 10.8. The highest BCUT2D eigenvalue weighted by molar-refractivity contribution is 8.26. The molecule has 0 radical (unpaired) electrons. The monoisotopic (exact) mass is 500 g/mol. The number of carbonyl (C=O) groups is 1. The minimum atomic E-state index is -0.191. The highest BCUT2D eigenvalue weighted by Gasteiger charge is 2.33. The molecule has 4 heterocycles. The zero-order valence-corrected chi connectivity index (χ0v) is 21.9. The van der Waals surface area contributed by atoms with Crippen molar-refractivity contribution in [1.29, 1.82) is 0 Å². The van der Waals surface area contributed by atoms with E-state index in [9.17, 15) is 9.59 Å². The molecule has 2 aliphatic heterocycles. The predicted octanol–water partition coefficient (Wildman–Crippen LogP) is 4.40. The van der Waals surface area contributed by atoms with Crippen LogP contribution in [0, 0.1) is 6.92 Å². The first-order valence-corrected chi connectivity index (χ1v) is 13.2. The number of aromatic nitrogens is 2. The Bertz CT molecular complexity index is 1180. The molecule has 2 atom stereocenters. The van der Waals surface area contributed by atoms with Gasteiger partial charge in [0.05, 0.1) is 22.7 Å². The van der Waals surface area contributed by atoms with Gasteiger partial charge in [0.2, 0.25) is 0 Å². The Kier molecular flexibility index (Phi) is 7.74. The molecule has 0 spiro atoms. The summed E-state index contributed by atoms with van der Waals surface area (Å²) in [6.07, 6.45) is 7.70. The number of hydrogen-bond acceptors (Lipinski definition) is 7. The van der Waals surface area contributed by atoms with Gasteiger partial charge in [-0.15, -0.1) is 0 Å². The van der Waals surface area contributed by atoms with Gasteiger partial charge < -0.3 is 9.64 Å². The molecule has 2 fully saturated rings. The molecule has 4 rings (SSSR count). The maximum absolute atomic E-state index is 13.7. The van der Waals surface area contributed by atoms with E-state index in [1.165, 1.54) is 11.8 Å². The highest BCUT2D eigenvalue weighted by atomic mass is 32.2. The molecular formula is C25H32N4O3S2. The van der Waals surface area contributed by atoms with Crippen molar-refractivity contribution in [2.45, 2.75) is 65.6 Å². The smallest absolute Gasteiger partial charge is 0.267 e. The van der Waals surface area contributed by atoms with Gasteiger partial charge >= 0.3 is 0 Å². The van der Waals surface area contributed by atoms with E-state index in [1.54, 1.807) is 21.6 Å². The molecular weight excluding hydrogens is 468 g/mol. The maximum Gasteiger partial charge on any atom is 0.267 e. The minimum Gasteiger partial charge on any atom is -0.372 e. The van der Waals surface area contributed by atoms with Crippen LogP contribution in [-0.2, 0) is 9.53 Å². The third-order valence-electron chi connectivity index (χ3n) is 6.17. The lowest BCUT2D eigenvalue weighted by Crippen LogP contribution is -2.46. The van der Waals surface area contributed by atoms with E-state index in [2.05, 4.69) is 11.8 Å². The fraction of sp³-hybridized carbons (Fsp3) is 0.520. The van der Waals surface area contributed by atoms with Crippen molar-refractivity contribution in [1.82, 2.24) is 14.3 Å². The highest BCUT2D eigenvalue weighted by Crippen LogP contribution is 2.34.